The molecule has 0 radical (unpaired) electrons. The highest BCUT2D eigenvalue weighted by atomic mass is 16.5. The molecule has 0 aromatic carbocycles. The van der Waals surface area contributed by atoms with E-state index in [4.69, 9.17) is 10.5 Å². The van der Waals surface area contributed by atoms with E-state index < -0.39 is 0 Å². The van der Waals surface area contributed by atoms with Crippen molar-refractivity contribution in [2.75, 3.05) is 12.8 Å². The number of pyridine rings is 1. The van der Waals surface area contributed by atoms with E-state index in [9.17, 15) is 0 Å². The van der Waals surface area contributed by atoms with Crippen molar-refractivity contribution in [3.63, 3.8) is 0 Å². The van der Waals surface area contributed by atoms with Gasteiger partial charge < -0.3 is 10.5 Å². The summed E-state index contributed by atoms with van der Waals surface area (Å²) in [6.07, 6.45) is 1.62. The number of nitrogens with two attached hydrogens (primary N) is 1. The molecule has 0 atom stereocenters. The molecule has 0 saturated carbocycles. The Kier molecular flexibility index (Phi) is 1.36. The van der Waals surface area contributed by atoms with Crippen LogP contribution in [0, 0.1) is 0 Å². The molecule has 62 valence electrons. The van der Waals surface area contributed by atoms with E-state index in [1.165, 1.54) is 0 Å². The number of nitrogen functional groups attached to an aromatic ring is 1. The first-order chi connectivity index (χ1) is 5.83. The van der Waals surface area contributed by atoms with Crippen molar-refractivity contribution >= 4 is 16.7 Å². The molecule has 0 bridgehead atoms. The van der Waals surface area contributed by atoms with Crippen LogP contribution in [0.5, 0.6) is 5.88 Å². The molecule has 0 aliphatic rings. The number of nitrogens with zero attached hydrogens (tertiary/aromatic N) is 2. The van der Waals surface area contributed by atoms with Gasteiger partial charge in [0.05, 0.1) is 12.6 Å². The van der Waals surface area contributed by atoms with Gasteiger partial charge in [0.15, 0.2) is 0 Å². The second-order valence-electron chi connectivity index (χ2n) is 2.35. The second kappa shape index (κ2) is 2.37. The Labute approximate surface area is 68.5 Å². The number of fused-ring (bicyclic) bond motifs is 1. The zero-order chi connectivity index (χ0) is 8.55. The van der Waals surface area contributed by atoms with Gasteiger partial charge in [-0.05, 0) is 6.07 Å². The van der Waals surface area contributed by atoms with Crippen molar-refractivity contribution in [3.05, 3.63) is 12.3 Å². The maximum Gasteiger partial charge on any atom is 0.244 e. The van der Waals surface area contributed by atoms with Crippen molar-refractivity contribution < 1.29 is 4.74 Å². The third-order valence-electron chi connectivity index (χ3n) is 1.67. The van der Waals surface area contributed by atoms with Gasteiger partial charge in [0.25, 0.3) is 0 Å². The highest BCUT2D eigenvalue weighted by Crippen LogP contribution is 2.25. The van der Waals surface area contributed by atoms with Crippen LogP contribution in [0.25, 0.3) is 10.9 Å². The van der Waals surface area contributed by atoms with Gasteiger partial charge in [0.1, 0.15) is 11.2 Å². The summed E-state index contributed by atoms with van der Waals surface area (Å²) in [7, 11) is 1.54. The molecule has 5 heteroatoms. The minimum Gasteiger partial charge on any atom is -0.479 e. The third-order valence-corrected chi connectivity index (χ3v) is 1.67. The van der Waals surface area contributed by atoms with E-state index in [1.807, 2.05) is 0 Å². The number of aromatic amines is 1. The fourth-order valence-electron chi connectivity index (χ4n) is 1.11. The summed E-state index contributed by atoms with van der Waals surface area (Å²) < 4.78 is 4.99. The lowest BCUT2D eigenvalue weighted by Gasteiger charge is -1.95. The quantitative estimate of drug-likeness (QED) is 0.645. The number of rotatable bonds is 1. The van der Waals surface area contributed by atoms with Crippen LogP contribution in [0.4, 0.5) is 5.82 Å². The summed E-state index contributed by atoms with van der Waals surface area (Å²) in [4.78, 5) is 3.93. The molecule has 2 aromatic heterocycles. The molecule has 12 heavy (non-hydrogen) atoms. The van der Waals surface area contributed by atoms with Gasteiger partial charge in [0, 0.05) is 6.20 Å². The van der Waals surface area contributed by atoms with Crippen molar-refractivity contribution in [3.8, 4) is 5.88 Å². The molecule has 0 aliphatic heterocycles. The number of ether oxygens (including phenoxy) is 1. The molecule has 0 fully saturated rings. The molecule has 0 unspecified atom stereocenters. The standard InChI is InChI=1S/C7H8N4O/c1-12-7-5-4(10-11-7)2-3-9-6(5)8/h2-3H,1H3,(H2,8,9)(H,10,11). The third kappa shape index (κ3) is 0.795. The summed E-state index contributed by atoms with van der Waals surface area (Å²) in [5.74, 6) is 0.911. The van der Waals surface area contributed by atoms with Crippen molar-refractivity contribution in [2.24, 2.45) is 0 Å². The lowest BCUT2D eigenvalue weighted by atomic mass is 10.3. The normalized spacial score (nSPS) is 10.4. The van der Waals surface area contributed by atoms with E-state index in [1.54, 1.807) is 19.4 Å². The van der Waals surface area contributed by atoms with Crippen LogP contribution >= 0.6 is 0 Å². The van der Waals surface area contributed by atoms with Crippen LogP contribution in [-0.4, -0.2) is 22.3 Å². The Bertz CT molecular complexity index is 409. The molecule has 2 rings (SSSR count). The molecule has 2 heterocycles. The fourth-order valence-corrected chi connectivity index (χ4v) is 1.11. The highest BCUT2D eigenvalue weighted by molar-refractivity contribution is 5.92. The van der Waals surface area contributed by atoms with Crippen LogP contribution in [0.1, 0.15) is 0 Å². The van der Waals surface area contributed by atoms with Crippen LogP contribution in [0.15, 0.2) is 12.3 Å². The van der Waals surface area contributed by atoms with Crippen molar-refractivity contribution in [1.82, 2.24) is 15.2 Å². The van der Waals surface area contributed by atoms with Crippen LogP contribution in [-0.2, 0) is 0 Å². The largest absolute Gasteiger partial charge is 0.479 e. The van der Waals surface area contributed by atoms with Crippen molar-refractivity contribution in [2.45, 2.75) is 0 Å². The number of nitrogens with one attached hydrogen (secondary N) is 1. The Morgan fingerprint density at radius 1 is 1.58 bits per heavy atom. The van der Waals surface area contributed by atoms with E-state index in [-0.39, 0.29) is 0 Å². The van der Waals surface area contributed by atoms with E-state index >= 15 is 0 Å². The first-order valence-electron chi connectivity index (χ1n) is 3.45. The predicted octanol–water partition coefficient (Wildman–Crippen LogP) is 0.549. The lowest BCUT2D eigenvalue weighted by Crippen LogP contribution is -1.91. The van der Waals surface area contributed by atoms with Crippen LogP contribution in [0.2, 0.25) is 0 Å². The van der Waals surface area contributed by atoms with Gasteiger partial charge in [-0.15, -0.1) is 5.10 Å². The second-order valence-corrected chi connectivity index (χ2v) is 2.35. The maximum atomic E-state index is 5.63. The molecule has 0 amide bonds. The van der Waals surface area contributed by atoms with Crippen LogP contribution in [0.3, 0.4) is 0 Å². The Hall–Kier alpha value is -1.78. The number of aromatic nitrogens is 3. The van der Waals surface area contributed by atoms with Gasteiger partial charge in [-0.3, -0.25) is 5.10 Å². The van der Waals surface area contributed by atoms with E-state index in [0.29, 0.717) is 11.7 Å². The first-order valence-corrected chi connectivity index (χ1v) is 3.45. The average molecular weight is 164 g/mol. The number of anilines is 1. The highest BCUT2D eigenvalue weighted by Gasteiger charge is 2.08. The van der Waals surface area contributed by atoms with Gasteiger partial charge in [-0.1, -0.05) is 0 Å². The zero-order valence-electron chi connectivity index (χ0n) is 6.53. The van der Waals surface area contributed by atoms with Gasteiger partial charge in [0.2, 0.25) is 5.88 Å². The van der Waals surface area contributed by atoms with Gasteiger partial charge >= 0.3 is 0 Å². The fraction of sp³-hybridized carbons (Fsp3) is 0.143. The number of methoxy groups -OCH3 is 1. The molecule has 0 saturated heterocycles. The summed E-state index contributed by atoms with van der Waals surface area (Å²) in [5, 5.41) is 7.43. The molecule has 5 nitrogen and oxygen atoms in total. The summed E-state index contributed by atoms with van der Waals surface area (Å²) >= 11 is 0. The maximum absolute atomic E-state index is 5.63. The molecule has 0 aliphatic carbocycles. The van der Waals surface area contributed by atoms with E-state index in [0.717, 1.165) is 10.9 Å². The summed E-state index contributed by atoms with van der Waals surface area (Å²) in [5.41, 5.74) is 6.46. The number of hydrogen-bond donors (Lipinski definition) is 2. The molecular formula is C7H8N4O. The number of hydrogen-bond acceptors (Lipinski definition) is 4. The Morgan fingerprint density at radius 3 is 3.17 bits per heavy atom. The first kappa shape index (κ1) is 6.90. The lowest BCUT2D eigenvalue weighted by molar-refractivity contribution is 0.401. The average Bonchev–Trinajstić information content (AvgIpc) is 2.49. The monoisotopic (exact) mass is 164 g/mol. The minimum atomic E-state index is 0.429. The molecule has 0 spiro atoms. The van der Waals surface area contributed by atoms with Crippen LogP contribution < -0.4 is 10.5 Å². The molecular weight excluding hydrogens is 156 g/mol. The molecule has 2 aromatic rings. The smallest absolute Gasteiger partial charge is 0.244 e. The Balaban J connectivity index is 2.83. The number of H-pyrrole nitrogens is 1. The summed E-state index contributed by atoms with van der Waals surface area (Å²) in [6, 6.07) is 1.79. The van der Waals surface area contributed by atoms with Gasteiger partial charge in [-0.2, -0.15) is 0 Å². The minimum absolute atomic E-state index is 0.429. The SMILES string of the molecule is COc1n[nH]c2ccnc(N)c12. The zero-order valence-corrected chi connectivity index (χ0v) is 6.53. The topological polar surface area (TPSA) is 76.8 Å². The summed E-state index contributed by atoms with van der Waals surface area (Å²) in [6.45, 7) is 0. The van der Waals surface area contributed by atoms with E-state index in [2.05, 4.69) is 15.2 Å². The van der Waals surface area contributed by atoms with Gasteiger partial charge in [-0.25, -0.2) is 4.98 Å². The predicted molar refractivity (Wildman–Crippen MR) is 44.9 cm³/mol. The van der Waals surface area contributed by atoms with Crippen molar-refractivity contribution in [1.29, 1.82) is 0 Å². The molecule has 3 N–H and O–H groups in total. The Morgan fingerprint density at radius 2 is 2.42 bits per heavy atom.